The van der Waals surface area contributed by atoms with E-state index in [1.807, 2.05) is 0 Å². The van der Waals surface area contributed by atoms with Crippen LogP contribution in [-0.2, 0) is 10.0 Å². The lowest BCUT2D eigenvalue weighted by molar-refractivity contribution is 0.102. The lowest BCUT2D eigenvalue weighted by Gasteiger charge is -2.14. The van der Waals surface area contributed by atoms with Crippen LogP contribution < -0.4 is 14.8 Å². The predicted molar refractivity (Wildman–Crippen MR) is 113 cm³/mol. The maximum absolute atomic E-state index is 14.1. The molecule has 0 aliphatic heterocycles. The van der Waals surface area contributed by atoms with Gasteiger partial charge >= 0.3 is 0 Å². The molecule has 1 amide bonds. The second-order valence-corrected chi connectivity index (χ2v) is 8.64. The molecule has 31 heavy (non-hydrogen) atoms. The van der Waals surface area contributed by atoms with Crippen molar-refractivity contribution in [1.29, 1.82) is 0 Å². The third kappa shape index (κ3) is 4.98. The molecule has 0 spiro atoms. The Kier molecular flexibility index (Phi) is 6.52. The van der Waals surface area contributed by atoms with Gasteiger partial charge in [-0.3, -0.25) is 4.79 Å². The van der Waals surface area contributed by atoms with Crippen molar-refractivity contribution in [3.05, 3.63) is 72.2 Å². The fraction of sp³-hybridized carbons (Fsp3) is 0.143. The Hall–Kier alpha value is -3.50. The number of ether oxygens (including phenoxy) is 2. The highest BCUT2D eigenvalue weighted by Crippen LogP contribution is 2.29. The van der Waals surface area contributed by atoms with Gasteiger partial charge in [0.1, 0.15) is 27.9 Å². The van der Waals surface area contributed by atoms with E-state index in [0.717, 1.165) is 16.4 Å². The Balaban J connectivity index is 1.86. The lowest BCUT2D eigenvalue weighted by atomic mass is 10.2. The standard InChI is InChI=1S/C21H20FN3O5S/c1-25(2)31(27,28)19-13-14(6-11-17(19)22)20(26)24-18-5-4-12-23-21(18)30-16-9-7-15(29-3)8-10-16/h4-13H,1-3H3,(H,24,26). The number of hydrogen-bond acceptors (Lipinski definition) is 6. The second kappa shape index (κ2) is 9.11. The third-order valence-electron chi connectivity index (χ3n) is 4.25. The van der Waals surface area contributed by atoms with E-state index >= 15 is 0 Å². The Morgan fingerprint density at radius 3 is 2.39 bits per heavy atom. The van der Waals surface area contributed by atoms with Gasteiger partial charge in [-0.05, 0) is 54.6 Å². The molecule has 0 saturated heterocycles. The van der Waals surface area contributed by atoms with Crippen molar-refractivity contribution >= 4 is 21.6 Å². The summed E-state index contributed by atoms with van der Waals surface area (Å²) in [5.41, 5.74) is 0.214. The minimum atomic E-state index is -4.06. The summed E-state index contributed by atoms with van der Waals surface area (Å²) in [4.78, 5) is 16.3. The highest BCUT2D eigenvalue weighted by atomic mass is 32.2. The van der Waals surface area contributed by atoms with E-state index in [1.165, 1.54) is 26.4 Å². The van der Waals surface area contributed by atoms with E-state index < -0.39 is 26.6 Å². The first-order valence-corrected chi connectivity index (χ1v) is 10.5. The molecule has 10 heteroatoms. The highest BCUT2D eigenvalue weighted by Gasteiger charge is 2.23. The predicted octanol–water partition coefficient (Wildman–Crippen LogP) is 3.52. The number of anilines is 1. The molecular formula is C21H20FN3O5S. The molecule has 1 aromatic heterocycles. The molecule has 0 aliphatic carbocycles. The molecule has 1 heterocycles. The van der Waals surface area contributed by atoms with E-state index in [2.05, 4.69) is 10.3 Å². The normalized spacial score (nSPS) is 11.3. The zero-order valence-electron chi connectivity index (χ0n) is 17.0. The van der Waals surface area contributed by atoms with Crippen LogP contribution in [0, 0.1) is 5.82 Å². The molecule has 0 radical (unpaired) electrons. The number of carbonyl (C=O) groups excluding carboxylic acids is 1. The van der Waals surface area contributed by atoms with Crippen LogP contribution in [0.25, 0.3) is 0 Å². The van der Waals surface area contributed by atoms with Crippen molar-refractivity contribution in [3.8, 4) is 17.4 Å². The molecule has 0 aliphatic rings. The van der Waals surface area contributed by atoms with E-state index in [0.29, 0.717) is 11.5 Å². The molecule has 162 valence electrons. The molecule has 3 rings (SSSR count). The minimum Gasteiger partial charge on any atom is -0.497 e. The number of nitrogens with zero attached hydrogens (tertiary/aromatic N) is 2. The third-order valence-corrected chi connectivity index (χ3v) is 6.08. The van der Waals surface area contributed by atoms with E-state index in [1.54, 1.807) is 43.5 Å². The number of halogens is 1. The maximum Gasteiger partial charge on any atom is 0.255 e. The van der Waals surface area contributed by atoms with Crippen molar-refractivity contribution in [3.63, 3.8) is 0 Å². The summed E-state index contributed by atoms with van der Waals surface area (Å²) in [6.45, 7) is 0. The Labute approximate surface area is 179 Å². The summed E-state index contributed by atoms with van der Waals surface area (Å²) < 4.78 is 50.4. The molecule has 3 aromatic rings. The van der Waals surface area contributed by atoms with Gasteiger partial charge in [0.2, 0.25) is 15.9 Å². The minimum absolute atomic E-state index is 0.0407. The monoisotopic (exact) mass is 445 g/mol. The first-order chi connectivity index (χ1) is 14.7. The van der Waals surface area contributed by atoms with Gasteiger partial charge in [0, 0.05) is 25.9 Å². The quantitative estimate of drug-likeness (QED) is 0.598. The van der Waals surface area contributed by atoms with Crippen LogP contribution in [-0.4, -0.2) is 44.8 Å². The Morgan fingerprint density at radius 2 is 1.74 bits per heavy atom. The average Bonchev–Trinajstić information content (AvgIpc) is 2.75. The molecule has 1 N–H and O–H groups in total. The van der Waals surface area contributed by atoms with Crippen molar-refractivity contribution in [2.45, 2.75) is 4.90 Å². The summed E-state index contributed by atoms with van der Waals surface area (Å²) >= 11 is 0. The number of rotatable bonds is 7. The van der Waals surface area contributed by atoms with E-state index in [4.69, 9.17) is 9.47 Å². The topological polar surface area (TPSA) is 97.8 Å². The van der Waals surface area contributed by atoms with E-state index in [9.17, 15) is 17.6 Å². The van der Waals surface area contributed by atoms with Gasteiger partial charge in [-0.25, -0.2) is 22.1 Å². The fourth-order valence-corrected chi connectivity index (χ4v) is 3.54. The van der Waals surface area contributed by atoms with Crippen LogP contribution in [0.4, 0.5) is 10.1 Å². The molecule has 0 bridgehead atoms. The van der Waals surface area contributed by atoms with E-state index in [-0.39, 0.29) is 17.1 Å². The smallest absolute Gasteiger partial charge is 0.255 e. The SMILES string of the molecule is COc1ccc(Oc2ncccc2NC(=O)c2ccc(F)c(S(=O)(=O)N(C)C)c2)cc1. The molecule has 0 atom stereocenters. The molecular weight excluding hydrogens is 425 g/mol. The molecule has 2 aromatic carbocycles. The maximum atomic E-state index is 14.1. The summed E-state index contributed by atoms with van der Waals surface area (Å²) in [5.74, 6) is -0.347. The largest absolute Gasteiger partial charge is 0.497 e. The van der Waals surface area contributed by atoms with Crippen LogP contribution in [0.15, 0.2) is 65.7 Å². The van der Waals surface area contributed by atoms with Crippen LogP contribution in [0.1, 0.15) is 10.4 Å². The number of aromatic nitrogens is 1. The van der Waals surface area contributed by atoms with Crippen LogP contribution in [0.2, 0.25) is 0 Å². The molecule has 0 unspecified atom stereocenters. The van der Waals surface area contributed by atoms with Gasteiger partial charge < -0.3 is 14.8 Å². The molecule has 0 saturated carbocycles. The Morgan fingerprint density at radius 1 is 1.06 bits per heavy atom. The average molecular weight is 445 g/mol. The summed E-state index contributed by atoms with van der Waals surface area (Å²) in [6, 6.07) is 13.1. The van der Waals surface area contributed by atoms with Crippen molar-refractivity contribution in [2.75, 3.05) is 26.5 Å². The van der Waals surface area contributed by atoms with Gasteiger partial charge in [0.25, 0.3) is 5.91 Å². The number of methoxy groups -OCH3 is 1. The summed E-state index contributed by atoms with van der Waals surface area (Å²) in [6.07, 6.45) is 1.49. The second-order valence-electron chi connectivity index (χ2n) is 6.52. The first-order valence-electron chi connectivity index (χ1n) is 9.02. The van der Waals surface area contributed by atoms with Crippen LogP contribution in [0.3, 0.4) is 0 Å². The van der Waals surface area contributed by atoms with Crippen molar-refractivity contribution in [2.24, 2.45) is 0 Å². The Bertz CT molecular complexity index is 1200. The zero-order chi connectivity index (χ0) is 22.6. The summed E-state index contributed by atoms with van der Waals surface area (Å²) in [7, 11) is 0.0439. The first kappa shape index (κ1) is 22.2. The number of pyridine rings is 1. The van der Waals surface area contributed by atoms with Gasteiger partial charge in [0.15, 0.2) is 0 Å². The summed E-state index contributed by atoms with van der Waals surface area (Å²) in [5, 5.41) is 2.61. The van der Waals surface area contributed by atoms with Crippen LogP contribution >= 0.6 is 0 Å². The van der Waals surface area contributed by atoms with Crippen molar-refractivity contribution in [1.82, 2.24) is 9.29 Å². The number of sulfonamides is 1. The lowest BCUT2D eigenvalue weighted by Crippen LogP contribution is -2.24. The van der Waals surface area contributed by atoms with Crippen LogP contribution in [0.5, 0.6) is 17.4 Å². The number of benzene rings is 2. The zero-order valence-corrected chi connectivity index (χ0v) is 17.8. The van der Waals surface area contributed by atoms with Gasteiger partial charge in [0.05, 0.1) is 7.11 Å². The number of nitrogens with one attached hydrogen (secondary N) is 1. The number of amides is 1. The van der Waals surface area contributed by atoms with Crippen molar-refractivity contribution < 1.29 is 27.1 Å². The fourth-order valence-electron chi connectivity index (χ4n) is 2.56. The number of hydrogen-bond donors (Lipinski definition) is 1. The molecule has 0 fully saturated rings. The number of carbonyl (C=O) groups is 1. The highest BCUT2D eigenvalue weighted by molar-refractivity contribution is 7.89. The van der Waals surface area contributed by atoms with Gasteiger partial charge in [-0.1, -0.05) is 0 Å². The van der Waals surface area contributed by atoms with Gasteiger partial charge in [-0.2, -0.15) is 0 Å². The van der Waals surface area contributed by atoms with Gasteiger partial charge in [-0.15, -0.1) is 0 Å². The molecule has 8 nitrogen and oxygen atoms in total.